The Morgan fingerprint density at radius 1 is 1.19 bits per heavy atom. The van der Waals surface area contributed by atoms with Crippen LogP contribution < -0.4 is 5.32 Å². The Kier molecular flexibility index (Phi) is 9.28. The van der Waals surface area contributed by atoms with Crippen LogP contribution in [0.3, 0.4) is 0 Å². The van der Waals surface area contributed by atoms with Gasteiger partial charge in [0.15, 0.2) is 5.96 Å². The summed E-state index contributed by atoms with van der Waals surface area (Å²) in [6.07, 6.45) is -0.257. The second-order valence-electron chi connectivity index (χ2n) is 6.96. The molecule has 2 rings (SSSR count). The summed E-state index contributed by atoms with van der Waals surface area (Å²) in [5.41, 5.74) is 0.894. The number of rotatable bonds is 4. The maximum atomic E-state index is 13.1. The molecular formula is C19H30FIN4O2. The maximum absolute atomic E-state index is 13.1. The third-order valence-electron chi connectivity index (χ3n) is 4.63. The second-order valence-corrected chi connectivity index (χ2v) is 6.96. The average molecular weight is 492 g/mol. The molecule has 1 aromatic rings. The van der Waals surface area contributed by atoms with Crippen LogP contribution in [-0.4, -0.2) is 68.2 Å². The first-order chi connectivity index (χ1) is 12.4. The molecule has 1 aromatic carbocycles. The number of hydrogen-bond acceptors (Lipinski definition) is 3. The highest BCUT2D eigenvalue weighted by Crippen LogP contribution is 2.22. The number of aliphatic imine (C=N–C) groups is 1. The Balaban J connectivity index is 0.00000364. The van der Waals surface area contributed by atoms with E-state index >= 15 is 0 Å². The number of guanidine groups is 1. The van der Waals surface area contributed by atoms with Crippen molar-refractivity contribution in [3.05, 3.63) is 35.6 Å². The van der Waals surface area contributed by atoms with Crippen LogP contribution in [0.15, 0.2) is 29.3 Å². The minimum atomic E-state index is -0.257. The van der Waals surface area contributed by atoms with Crippen molar-refractivity contribution in [1.29, 1.82) is 0 Å². The normalized spacial score (nSPS) is 15.2. The van der Waals surface area contributed by atoms with Gasteiger partial charge in [-0.2, -0.15) is 0 Å². The number of carbonyl (C=O) groups excluding carboxylic acids is 1. The van der Waals surface area contributed by atoms with Gasteiger partial charge >= 0.3 is 6.09 Å². The van der Waals surface area contributed by atoms with E-state index < -0.39 is 0 Å². The van der Waals surface area contributed by atoms with Crippen molar-refractivity contribution in [3.8, 4) is 0 Å². The van der Waals surface area contributed by atoms with Crippen molar-refractivity contribution in [2.45, 2.75) is 26.2 Å². The topological polar surface area (TPSA) is 57.2 Å². The molecule has 1 amide bonds. The van der Waals surface area contributed by atoms with Crippen LogP contribution in [0.4, 0.5) is 9.18 Å². The average Bonchev–Trinajstić information content (AvgIpc) is 2.63. The smallest absolute Gasteiger partial charge is 0.409 e. The lowest BCUT2D eigenvalue weighted by atomic mass is 9.84. The monoisotopic (exact) mass is 492 g/mol. The molecule has 0 aliphatic carbocycles. The van der Waals surface area contributed by atoms with Crippen molar-refractivity contribution >= 4 is 36.0 Å². The second kappa shape index (κ2) is 10.7. The van der Waals surface area contributed by atoms with Crippen LogP contribution in [0.5, 0.6) is 0 Å². The van der Waals surface area contributed by atoms with Crippen LogP contribution in [0.2, 0.25) is 0 Å². The zero-order valence-electron chi connectivity index (χ0n) is 16.5. The largest absolute Gasteiger partial charge is 0.450 e. The fourth-order valence-corrected chi connectivity index (χ4v) is 2.95. The maximum Gasteiger partial charge on any atom is 0.409 e. The lowest BCUT2D eigenvalue weighted by Gasteiger charge is -2.37. The van der Waals surface area contributed by atoms with Gasteiger partial charge in [-0.1, -0.05) is 26.0 Å². The van der Waals surface area contributed by atoms with Crippen molar-refractivity contribution in [2.75, 3.05) is 46.4 Å². The van der Waals surface area contributed by atoms with E-state index in [2.05, 4.69) is 29.1 Å². The van der Waals surface area contributed by atoms with E-state index in [1.807, 2.05) is 19.1 Å². The summed E-state index contributed by atoms with van der Waals surface area (Å²) in [6.45, 7) is 9.72. The molecule has 1 aliphatic rings. The van der Waals surface area contributed by atoms with Gasteiger partial charge in [0.05, 0.1) is 6.61 Å². The SMILES string of the molecule is CCOC(=O)N1CCN(C(=NC)NCC(C)(C)c2ccc(F)cc2)CC1.I. The minimum Gasteiger partial charge on any atom is -0.450 e. The Morgan fingerprint density at radius 2 is 1.74 bits per heavy atom. The van der Waals surface area contributed by atoms with Gasteiger partial charge in [-0.15, -0.1) is 24.0 Å². The predicted octanol–water partition coefficient (Wildman–Crippen LogP) is 3.07. The highest BCUT2D eigenvalue weighted by atomic mass is 127. The number of benzene rings is 1. The molecule has 0 saturated carbocycles. The van der Waals surface area contributed by atoms with Gasteiger partial charge in [0.1, 0.15) is 5.82 Å². The number of amides is 1. The molecule has 6 nitrogen and oxygen atoms in total. The first kappa shape index (κ1) is 23.5. The lowest BCUT2D eigenvalue weighted by molar-refractivity contribution is 0.0914. The van der Waals surface area contributed by atoms with Gasteiger partial charge in [-0.05, 0) is 24.6 Å². The molecule has 0 unspecified atom stereocenters. The van der Waals surface area contributed by atoms with E-state index in [0.717, 1.165) is 11.5 Å². The molecule has 1 fully saturated rings. The number of nitrogens with one attached hydrogen (secondary N) is 1. The number of piperazine rings is 1. The van der Waals surface area contributed by atoms with Gasteiger partial charge in [0.25, 0.3) is 0 Å². The number of carbonyl (C=O) groups is 1. The summed E-state index contributed by atoms with van der Waals surface area (Å²) in [4.78, 5) is 20.0. The van der Waals surface area contributed by atoms with E-state index in [1.54, 1.807) is 11.9 Å². The van der Waals surface area contributed by atoms with Gasteiger partial charge < -0.3 is 19.9 Å². The summed E-state index contributed by atoms with van der Waals surface area (Å²) in [6, 6.07) is 6.61. The van der Waals surface area contributed by atoms with Gasteiger partial charge in [-0.25, -0.2) is 9.18 Å². The molecule has 0 aromatic heterocycles. The summed E-state index contributed by atoms with van der Waals surface area (Å²) < 4.78 is 18.2. The van der Waals surface area contributed by atoms with E-state index in [0.29, 0.717) is 39.3 Å². The predicted molar refractivity (Wildman–Crippen MR) is 116 cm³/mol. The molecule has 0 bridgehead atoms. The summed E-state index contributed by atoms with van der Waals surface area (Å²) in [5.74, 6) is 0.580. The molecule has 0 radical (unpaired) electrons. The van der Waals surface area contributed by atoms with Crippen LogP contribution in [0.1, 0.15) is 26.3 Å². The van der Waals surface area contributed by atoms with Crippen molar-refractivity contribution in [3.63, 3.8) is 0 Å². The number of nitrogens with zero attached hydrogens (tertiary/aromatic N) is 3. The van der Waals surface area contributed by atoms with E-state index in [4.69, 9.17) is 4.74 Å². The highest BCUT2D eigenvalue weighted by molar-refractivity contribution is 14.0. The van der Waals surface area contributed by atoms with Crippen molar-refractivity contribution in [2.24, 2.45) is 4.99 Å². The quantitative estimate of drug-likeness (QED) is 0.399. The molecule has 1 aliphatic heterocycles. The molecule has 0 atom stereocenters. The first-order valence-electron chi connectivity index (χ1n) is 9.00. The molecule has 1 saturated heterocycles. The Bertz CT molecular complexity index is 629. The van der Waals surface area contributed by atoms with Crippen LogP contribution in [0, 0.1) is 5.82 Å². The van der Waals surface area contributed by atoms with Crippen LogP contribution in [-0.2, 0) is 10.2 Å². The molecule has 152 valence electrons. The summed E-state index contributed by atoms with van der Waals surface area (Å²) in [7, 11) is 1.75. The summed E-state index contributed by atoms with van der Waals surface area (Å²) >= 11 is 0. The Hall–Kier alpha value is -1.58. The fraction of sp³-hybridized carbons (Fsp3) is 0.579. The first-order valence-corrected chi connectivity index (χ1v) is 9.00. The van der Waals surface area contributed by atoms with Crippen molar-refractivity contribution in [1.82, 2.24) is 15.1 Å². The highest BCUT2D eigenvalue weighted by Gasteiger charge is 2.26. The van der Waals surface area contributed by atoms with Gasteiger partial charge in [0, 0.05) is 45.2 Å². The number of halogens is 2. The fourth-order valence-electron chi connectivity index (χ4n) is 2.95. The van der Waals surface area contributed by atoms with E-state index in [9.17, 15) is 9.18 Å². The van der Waals surface area contributed by atoms with E-state index in [-0.39, 0.29) is 41.3 Å². The lowest BCUT2D eigenvalue weighted by Crippen LogP contribution is -2.55. The third kappa shape index (κ3) is 6.51. The third-order valence-corrected chi connectivity index (χ3v) is 4.63. The van der Waals surface area contributed by atoms with Gasteiger partial charge in [0.2, 0.25) is 0 Å². The molecule has 8 heteroatoms. The van der Waals surface area contributed by atoms with Crippen LogP contribution in [0.25, 0.3) is 0 Å². The molecule has 27 heavy (non-hydrogen) atoms. The Morgan fingerprint density at radius 3 is 2.26 bits per heavy atom. The summed E-state index contributed by atoms with van der Waals surface area (Å²) in [5, 5.41) is 3.41. The number of ether oxygens (including phenoxy) is 1. The molecular weight excluding hydrogens is 462 g/mol. The van der Waals surface area contributed by atoms with Gasteiger partial charge in [-0.3, -0.25) is 4.99 Å². The minimum absolute atomic E-state index is 0. The van der Waals surface area contributed by atoms with E-state index in [1.165, 1.54) is 12.1 Å². The standard InChI is InChI=1S/C19H29FN4O2.HI/c1-5-26-18(25)24-12-10-23(11-13-24)17(21-4)22-14-19(2,3)15-6-8-16(20)9-7-15;/h6-9H,5,10-14H2,1-4H3,(H,21,22);1H. The molecule has 1 heterocycles. The zero-order chi connectivity index (χ0) is 19.2. The molecule has 1 N–H and O–H groups in total. The number of hydrogen-bond donors (Lipinski definition) is 1. The van der Waals surface area contributed by atoms with Crippen LogP contribution >= 0.6 is 24.0 Å². The molecule has 0 spiro atoms. The Labute approximate surface area is 178 Å². The zero-order valence-corrected chi connectivity index (χ0v) is 18.8. The van der Waals surface area contributed by atoms with Crippen molar-refractivity contribution < 1.29 is 13.9 Å².